The lowest BCUT2D eigenvalue weighted by molar-refractivity contribution is 0.113. The van der Waals surface area contributed by atoms with Gasteiger partial charge in [-0.1, -0.05) is 18.6 Å². The topological polar surface area (TPSA) is 52.6 Å². The summed E-state index contributed by atoms with van der Waals surface area (Å²) < 4.78 is 13.2. The molecule has 1 aromatic rings. The van der Waals surface area contributed by atoms with Crippen molar-refractivity contribution in [2.45, 2.75) is 58.2 Å². The van der Waals surface area contributed by atoms with Gasteiger partial charge in [0.05, 0.1) is 12.1 Å². The van der Waals surface area contributed by atoms with Gasteiger partial charge in [0.2, 0.25) is 0 Å². The van der Waals surface area contributed by atoms with Crippen LogP contribution >= 0.6 is 0 Å². The molecule has 1 aromatic carbocycles. The third kappa shape index (κ3) is 4.67. The van der Waals surface area contributed by atoms with E-state index in [1.807, 2.05) is 13.8 Å². The highest BCUT2D eigenvalue weighted by molar-refractivity contribution is 5.75. The Morgan fingerprint density at radius 1 is 1.30 bits per heavy atom. The number of benzene rings is 1. The first-order chi connectivity index (χ1) is 10.9. The highest BCUT2D eigenvalue weighted by atomic mass is 19.1. The van der Waals surface area contributed by atoms with Crippen molar-refractivity contribution in [1.82, 2.24) is 10.2 Å². The second-order valence-corrected chi connectivity index (χ2v) is 6.76. The number of urea groups is 1. The molecule has 23 heavy (non-hydrogen) atoms. The first kappa shape index (κ1) is 17.7. The Hall–Kier alpha value is -1.62. The van der Waals surface area contributed by atoms with E-state index in [2.05, 4.69) is 5.32 Å². The average Bonchev–Trinajstić information content (AvgIpc) is 2.42. The molecule has 2 unspecified atom stereocenters. The maximum absolute atomic E-state index is 13.2. The van der Waals surface area contributed by atoms with E-state index in [1.165, 1.54) is 18.6 Å². The third-order valence-corrected chi connectivity index (χ3v) is 4.47. The van der Waals surface area contributed by atoms with E-state index < -0.39 is 6.10 Å². The Bertz CT molecular complexity index is 512. The maximum Gasteiger partial charge on any atom is 0.318 e. The van der Waals surface area contributed by atoms with Crippen LogP contribution in [0.4, 0.5) is 9.18 Å². The molecule has 0 spiro atoms. The van der Waals surface area contributed by atoms with Crippen molar-refractivity contribution in [1.29, 1.82) is 0 Å². The van der Waals surface area contributed by atoms with Crippen LogP contribution in [0.15, 0.2) is 24.3 Å². The lowest BCUT2D eigenvalue weighted by Gasteiger charge is -2.37. The molecule has 0 aromatic heterocycles. The van der Waals surface area contributed by atoms with Gasteiger partial charge in [0.15, 0.2) is 0 Å². The molecule has 2 rings (SSSR count). The normalized spacial score (nSPS) is 17.5. The van der Waals surface area contributed by atoms with Crippen molar-refractivity contribution in [2.75, 3.05) is 6.54 Å². The fraction of sp³-hybridized carbons (Fsp3) is 0.611. The van der Waals surface area contributed by atoms with Gasteiger partial charge in [0.1, 0.15) is 5.82 Å². The summed E-state index contributed by atoms with van der Waals surface area (Å²) in [4.78, 5) is 14.3. The number of rotatable bonds is 6. The summed E-state index contributed by atoms with van der Waals surface area (Å²) in [6.45, 7) is 5.83. The first-order valence-electron chi connectivity index (χ1n) is 8.39. The van der Waals surface area contributed by atoms with Crippen LogP contribution in [0.1, 0.15) is 51.6 Å². The summed E-state index contributed by atoms with van der Waals surface area (Å²) in [5.41, 5.74) is 0.935. The molecule has 128 valence electrons. The number of carbonyl (C=O) groups is 1. The molecule has 0 aliphatic heterocycles. The molecule has 0 heterocycles. The number of halogens is 1. The molecular formula is C18H27FN2O2. The van der Waals surface area contributed by atoms with Crippen molar-refractivity contribution >= 4 is 6.03 Å². The second-order valence-electron chi connectivity index (χ2n) is 6.76. The van der Waals surface area contributed by atoms with E-state index in [-0.39, 0.29) is 23.9 Å². The Balaban J connectivity index is 2.13. The Morgan fingerprint density at radius 2 is 1.91 bits per heavy atom. The quantitative estimate of drug-likeness (QED) is 0.842. The highest BCUT2D eigenvalue weighted by Crippen LogP contribution is 2.37. The number of hydrogen-bond acceptors (Lipinski definition) is 2. The van der Waals surface area contributed by atoms with Gasteiger partial charge in [0, 0.05) is 12.6 Å². The summed E-state index contributed by atoms with van der Waals surface area (Å²) in [6, 6.07) is 6.07. The van der Waals surface area contributed by atoms with Gasteiger partial charge in [-0.05, 0) is 57.2 Å². The van der Waals surface area contributed by atoms with Crippen LogP contribution in [-0.2, 0) is 0 Å². The highest BCUT2D eigenvalue weighted by Gasteiger charge is 2.31. The average molecular weight is 322 g/mol. The zero-order valence-electron chi connectivity index (χ0n) is 14.1. The van der Waals surface area contributed by atoms with Gasteiger partial charge in [-0.25, -0.2) is 9.18 Å². The van der Waals surface area contributed by atoms with E-state index in [1.54, 1.807) is 24.0 Å². The van der Waals surface area contributed by atoms with Gasteiger partial charge >= 0.3 is 6.03 Å². The zero-order valence-corrected chi connectivity index (χ0v) is 14.1. The Morgan fingerprint density at radius 3 is 2.35 bits per heavy atom. The molecule has 2 atom stereocenters. The lowest BCUT2D eigenvalue weighted by Crippen LogP contribution is -2.49. The summed E-state index contributed by atoms with van der Waals surface area (Å²) in [7, 11) is 0. The smallest absolute Gasteiger partial charge is 0.318 e. The van der Waals surface area contributed by atoms with Crippen LogP contribution in [0.3, 0.4) is 0 Å². The van der Waals surface area contributed by atoms with E-state index >= 15 is 0 Å². The molecule has 1 aliphatic carbocycles. The minimum Gasteiger partial charge on any atom is -0.392 e. The van der Waals surface area contributed by atoms with Gasteiger partial charge in [-0.2, -0.15) is 0 Å². The minimum absolute atomic E-state index is 0.000131. The van der Waals surface area contributed by atoms with Crippen molar-refractivity contribution in [2.24, 2.45) is 5.92 Å². The summed E-state index contributed by atoms with van der Waals surface area (Å²) in [6.07, 6.45) is 2.73. The van der Waals surface area contributed by atoms with Crippen molar-refractivity contribution in [3.05, 3.63) is 35.6 Å². The summed E-state index contributed by atoms with van der Waals surface area (Å²) >= 11 is 0. The lowest BCUT2D eigenvalue weighted by atomic mass is 9.77. The molecular weight excluding hydrogens is 295 g/mol. The largest absolute Gasteiger partial charge is 0.392 e. The predicted molar refractivity (Wildman–Crippen MR) is 88.5 cm³/mol. The number of nitrogens with zero attached hydrogens (tertiary/aromatic N) is 1. The standard InChI is InChI=1S/C18H27FN2O2/c1-12(2)21(11-13(3)22)18(23)20-17(14-5-4-6-14)15-7-9-16(19)10-8-15/h7-10,12-14,17,22H,4-6,11H2,1-3H3,(H,20,23). The molecule has 5 heteroatoms. The maximum atomic E-state index is 13.2. The van der Waals surface area contributed by atoms with Gasteiger partial charge in [-0.3, -0.25) is 0 Å². The molecule has 4 nitrogen and oxygen atoms in total. The molecule has 0 bridgehead atoms. The Labute approximate surface area is 137 Å². The van der Waals surface area contributed by atoms with Crippen molar-refractivity contribution in [3.63, 3.8) is 0 Å². The zero-order chi connectivity index (χ0) is 17.0. The molecule has 1 saturated carbocycles. The number of nitrogens with one attached hydrogen (secondary N) is 1. The van der Waals surface area contributed by atoms with Crippen LogP contribution in [0, 0.1) is 11.7 Å². The van der Waals surface area contributed by atoms with E-state index in [0.29, 0.717) is 12.5 Å². The number of amides is 2. The monoisotopic (exact) mass is 322 g/mol. The summed E-state index contributed by atoms with van der Waals surface area (Å²) in [5.74, 6) is 0.121. The number of aliphatic hydroxyl groups is 1. The number of hydrogen-bond donors (Lipinski definition) is 2. The molecule has 1 fully saturated rings. The third-order valence-electron chi connectivity index (χ3n) is 4.47. The van der Waals surface area contributed by atoms with Gasteiger partial charge in [-0.15, -0.1) is 0 Å². The van der Waals surface area contributed by atoms with E-state index in [4.69, 9.17) is 0 Å². The first-order valence-corrected chi connectivity index (χ1v) is 8.39. The van der Waals surface area contributed by atoms with Crippen LogP contribution in [-0.4, -0.2) is 34.7 Å². The number of aliphatic hydroxyl groups excluding tert-OH is 1. The van der Waals surface area contributed by atoms with Gasteiger partial charge in [0.25, 0.3) is 0 Å². The number of carbonyl (C=O) groups excluding carboxylic acids is 1. The molecule has 0 radical (unpaired) electrons. The van der Waals surface area contributed by atoms with Crippen LogP contribution in [0.2, 0.25) is 0 Å². The minimum atomic E-state index is -0.573. The van der Waals surface area contributed by atoms with Crippen LogP contribution in [0.5, 0.6) is 0 Å². The molecule has 1 aliphatic rings. The van der Waals surface area contributed by atoms with Crippen molar-refractivity contribution in [3.8, 4) is 0 Å². The summed E-state index contributed by atoms with van der Waals surface area (Å²) in [5, 5.41) is 12.7. The molecule has 2 amide bonds. The Kier molecular flexibility index (Phi) is 5.99. The van der Waals surface area contributed by atoms with E-state index in [9.17, 15) is 14.3 Å². The van der Waals surface area contributed by atoms with Gasteiger partial charge < -0.3 is 15.3 Å². The molecule has 2 N–H and O–H groups in total. The second kappa shape index (κ2) is 7.77. The fourth-order valence-electron chi connectivity index (χ4n) is 2.95. The SMILES string of the molecule is CC(O)CN(C(=O)NC(c1ccc(F)cc1)C1CCC1)C(C)C. The molecule has 0 saturated heterocycles. The fourth-order valence-corrected chi connectivity index (χ4v) is 2.95. The van der Waals surface area contributed by atoms with Crippen molar-refractivity contribution < 1.29 is 14.3 Å². The van der Waals surface area contributed by atoms with E-state index in [0.717, 1.165) is 18.4 Å². The van der Waals surface area contributed by atoms with Crippen LogP contribution < -0.4 is 5.32 Å². The van der Waals surface area contributed by atoms with Crippen LogP contribution in [0.25, 0.3) is 0 Å². The predicted octanol–water partition coefficient (Wildman–Crippen LogP) is 3.47.